The average Bonchev–Trinajstić information content (AvgIpc) is 3.35. The molecule has 0 radical (unpaired) electrons. The summed E-state index contributed by atoms with van der Waals surface area (Å²) in [5, 5.41) is 20.7. The van der Waals surface area contributed by atoms with Gasteiger partial charge in [0.05, 0.1) is 0 Å². The van der Waals surface area contributed by atoms with Gasteiger partial charge < -0.3 is 10.2 Å². The highest BCUT2D eigenvalue weighted by molar-refractivity contribution is 14.1. The molecule has 0 saturated heterocycles. The third-order valence-corrected chi connectivity index (χ3v) is 8.02. The fraction of sp³-hybridized carbons (Fsp3) is 0.750. The van der Waals surface area contributed by atoms with Gasteiger partial charge in [-0.25, -0.2) is 0 Å². The van der Waals surface area contributed by atoms with Crippen LogP contribution >= 0.6 is 22.6 Å². The number of phenols is 2. The Balaban J connectivity index is 1.69. The van der Waals surface area contributed by atoms with E-state index in [1.165, 1.54) is 57.8 Å². The van der Waals surface area contributed by atoms with Gasteiger partial charge >= 0.3 is 0 Å². The Morgan fingerprint density at radius 1 is 0.889 bits per heavy atom. The third-order valence-electron chi connectivity index (χ3n) is 6.40. The summed E-state index contributed by atoms with van der Waals surface area (Å²) >= 11 is 2.61. The summed E-state index contributed by atoms with van der Waals surface area (Å²) in [6.45, 7) is 6.93. The fourth-order valence-electron chi connectivity index (χ4n) is 3.66. The number of halogens is 1. The monoisotopic (exact) mass is 486 g/mol. The minimum Gasteiger partial charge on any atom is -0.508 e. The first-order chi connectivity index (χ1) is 12.7. The molecule has 1 fully saturated rings. The van der Waals surface area contributed by atoms with Crippen molar-refractivity contribution in [3.8, 4) is 11.5 Å². The molecular weight excluding hydrogens is 447 g/mol. The molecule has 2 N–H and O–H groups in total. The molecule has 0 aliphatic heterocycles. The molecule has 1 aliphatic rings. The second-order valence-electron chi connectivity index (χ2n) is 9.40. The lowest BCUT2D eigenvalue weighted by Crippen LogP contribution is -2.08. The van der Waals surface area contributed by atoms with Gasteiger partial charge in [0.25, 0.3) is 0 Å². The number of hydrogen-bond donors (Lipinski definition) is 2. The van der Waals surface area contributed by atoms with E-state index in [1.54, 1.807) is 12.1 Å². The summed E-state index contributed by atoms with van der Waals surface area (Å²) in [7, 11) is 0. The summed E-state index contributed by atoms with van der Waals surface area (Å²) in [6, 6.07) is 3.59. The molecule has 27 heavy (non-hydrogen) atoms. The predicted molar refractivity (Wildman–Crippen MR) is 124 cm³/mol. The van der Waals surface area contributed by atoms with E-state index in [0.29, 0.717) is 20.3 Å². The van der Waals surface area contributed by atoms with Crippen LogP contribution in [0.1, 0.15) is 103 Å². The maximum absolute atomic E-state index is 10.3. The van der Waals surface area contributed by atoms with Gasteiger partial charge in [0.15, 0.2) is 0 Å². The van der Waals surface area contributed by atoms with Gasteiger partial charge in [-0.2, -0.15) is 0 Å². The van der Waals surface area contributed by atoms with Crippen molar-refractivity contribution in [3.05, 3.63) is 23.3 Å². The highest BCUT2D eigenvalue weighted by atomic mass is 127. The van der Waals surface area contributed by atoms with E-state index in [0.717, 1.165) is 36.8 Å². The number of aromatic hydroxyl groups is 2. The first-order valence-electron chi connectivity index (χ1n) is 11.0. The van der Waals surface area contributed by atoms with Crippen molar-refractivity contribution < 1.29 is 10.2 Å². The van der Waals surface area contributed by atoms with Gasteiger partial charge in [-0.15, -0.1) is 0 Å². The van der Waals surface area contributed by atoms with Crippen molar-refractivity contribution in [2.45, 2.75) is 108 Å². The van der Waals surface area contributed by atoms with Crippen molar-refractivity contribution in [1.82, 2.24) is 0 Å². The number of phenolic OH excluding ortho intramolecular Hbond substituents is 2. The largest absolute Gasteiger partial charge is 0.508 e. The van der Waals surface area contributed by atoms with Crippen molar-refractivity contribution >= 4 is 22.6 Å². The van der Waals surface area contributed by atoms with Crippen LogP contribution in [-0.2, 0) is 12.8 Å². The summed E-state index contributed by atoms with van der Waals surface area (Å²) in [5.74, 6) is 0.725. The standard InChI is InChI=1S/C24H39IO2/c1-4-23(2,3)13-9-5-7-11-19-17-22(27)20(18-21(19)26)12-8-6-10-14-24(25)15-16-24/h17-18,26-27H,4-16H2,1-3H3. The van der Waals surface area contributed by atoms with Crippen LogP contribution in [0.25, 0.3) is 0 Å². The van der Waals surface area contributed by atoms with Crippen molar-refractivity contribution in [2.24, 2.45) is 5.41 Å². The minimum absolute atomic E-state index is 0.362. The van der Waals surface area contributed by atoms with Crippen LogP contribution in [0, 0.1) is 5.41 Å². The number of rotatable bonds is 13. The van der Waals surface area contributed by atoms with Gasteiger partial charge in [0.2, 0.25) is 0 Å². The first-order valence-corrected chi connectivity index (χ1v) is 12.1. The zero-order valence-electron chi connectivity index (χ0n) is 17.6. The van der Waals surface area contributed by atoms with Crippen molar-refractivity contribution in [2.75, 3.05) is 0 Å². The Bertz CT molecular complexity index is 590. The van der Waals surface area contributed by atoms with E-state index in [2.05, 4.69) is 43.4 Å². The Hall–Kier alpha value is -0.450. The van der Waals surface area contributed by atoms with Crippen LogP contribution in [0.5, 0.6) is 11.5 Å². The molecule has 0 aromatic heterocycles. The van der Waals surface area contributed by atoms with E-state index in [4.69, 9.17) is 0 Å². The number of benzene rings is 1. The normalized spacial score (nSPS) is 15.9. The summed E-state index contributed by atoms with van der Waals surface area (Å²) in [6.07, 6.45) is 15.4. The molecule has 3 heteroatoms. The molecule has 0 amide bonds. The second kappa shape index (κ2) is 10.4. The number of alkyl halides is 1. The molecule has 0 unspecified atom stereocenters. The third kappa shape index (κ3) is 8.21. The average molecular weight is 486 g/mol. The van der Waals surface area contributed by atoms with E-state index in [1.807, 2.05) is 0 Å². The zero-order valence-corrected chi connectivity index (χ0v) is 19.8. The smallest absolute Gasteiger partial charge is 0.119 e. The molecule has 1 aromatic carbocycles. The molecule has 1 saturated carbocycles. The maximum Gasteiger partial charge on any atom is 0.119 e. The lowest BCUT2D eigenvalue weighted by atomic mass is 9.84. The predicted octanol–water partition coefficient (Wildman–Crippen LogP) is 7.71. The Kier molecular flexibility index (Phi) is 8.76. The molecule has 0 bridgehead atoms. The first kappa shape index (κ1) is 22.8. The van der Waals surface area contributed by atoms with Crippen LogP contribution < -0.4 is 0 Å². The summed E-state index contributed by atoms with van der Waals surface area (Å²) in [4.78, 5) is 0. The minimum atomic E-state index is 0.362. The van der Waals surface area contributed by atoms with Crippen LogP contribution in [0.15, 0.2) is 12.1 Å². The van der Waals surface area contributed by atoms with E-state index in [-0.39, 0.29) is 0 Å². The van der Waals surface area contributed by atoms with Crippen molar-refractivity contribution in [1.29, 1.82) is 0 Å². The topological polar surface area (TPSA) is 40.5 Å². The van der Waals surface area contributed by atoms with Crippen LogP contribution in [0.3, 0.4) is 0 Å². The lowest BCUT2D eigenvalue weighted by molar-refractivity contribution is 0.308. The Morgan fingerprint density at radius 2 is 1.41 bits per heavy atom. The molecule has 0 heterocycles. The van der Waals surface area contributed by atoms with Crippen LogP contribution in [0.2, 0.25) is 0 Å². The number of hydrogen-bond acceptors (Lipinski definition) is 2. The maximum atomic E-state index is 10.3. The molecule has 154 valence electrons. The van der Waals surface area contributed by atoms with Crippen LogP contribution in [0.4, 0.5) is 0 Å². The molecule has 1 aromatic rings. The molecule has 0 atom stereocenters. The lowest BCUT2D eigenvalue weighted by Gasteiger charge is -2.22. The molecule has 0 spiro atoms. The highest BCUT2D eigenvalue weighted by Crippen LogP contribution is 2.49. The van der Waals surface area contributed by atoms with Gasteiger partial charge in [0, 0.05) is 3.42 Å². The number of unbranched alkanes of at least 4 members (excludes halogenated alkanes) is 4. The van der Waals surface area contributed by atoms with Gasteiger partial charge in [0.1, 0.15) is 11.5 Å². The second-order valence-corrected chi connectivity index (χ2v) is 11.7. The number of aryl methyl sites for hydroxylation is 2. The van der Waals surface area contributed by atoms with Gasteiger partial charge in [-0.1, -0.05) is 75.5 Å². The van der Waals surface area contributed by atoms with Gasteiger partial charge in [-0.3, -0.25) is 0 Å². The Morgan fingerprint density at radius 3 is 1.89 bits per heavy atom. The summed E-state index contributed by atoms with van der Waals surface area (Å²) < 4.78 is 0.617. The quantitative estimate of drug-likeness (QED) is 0.130. The zero-order chi connectivity index (χ0) is 19.9. The molecule has 2 nitrogen and oxygen atoms in total. The highest BCUT2D eigenvalue weighted by Gasteiger charge is 2.38. The SMILES string of the molecule is CCC(C)(C)CCCCCc1cc(O)c(CCCCCC2(I)CC2)cc1O. The van der Waals surface area contributed by atoms with Gasteiger partial charge in [-0.05, 0) is 80.0 Å². The fourth-order valence-corrected chi connectivity index (χ4v) is 4.31. The molecular formula is C24H39IO2. The van der Waals surface area contributed by atoms with Crippen LogP contribution in [-0.4, -0.2) is 13.6 Å². The van der Waals surface area contributed by atoms with E-state index in [9.17, 15) is 10.2 Å². The molecule has 2 rings (SSSR count). The van der Waals surface area contributed by atoms with E-state index >= 15 is 0 Å². The molecule has 1 aliphatic carbocycles. The van der Waals surface area contributed by atoms with E-state index < -0.39 is 0 Å². The van der Waals surface area contributed by atoms with Crippen molar-refractivity contribution in [3.63, 3.8) is 0 Å². The Labute approximate surface area is 180 Å². The summed E-state index contributed by atoms with van der Waals surface area (Å²) in [5.41, 5.74) is 2.24.